The molecule has 4 bridgehead atoms. The van der Waals surface area contributed by atoms with Gasteiger partial charge in [-0.05, 0) is 73.3 Å². The predicted molar refractivity (Wildman–Crippen MR) is 65.1 cm³/mol. The van der Waals surface area contributed by atoms with E-state index in [1.807, 2.05) is 0 Å². The third-order valence-corrected chi connectivity index (χ3v) is 5.36. The van der Waals surface area contributed by atoms with Gasteiger partial charge in [0.2, 0.25) is 0 Å². The molecule has 0 saturated heterocycles. The van der Waals surface area contributed by atoms with E-state index in [1.165, 1.54) is 25.7 Å². The van der Waals surface area contributed by atoms with E-state index in [0.29, 0.717) is 0 Å². The van der Waals surface area contributed by atoms with Gasteiger partial charge in [0.1, 0.15) is 0 Å². The minimum absolute atomic E-state index is 0.891. The van der Waals surface area contributed by atoms with Crippen molar-refractivity contribution in [3.05, 3.63) is 35.9 Å². The summed E-state index contributed by atoms with van der Waals surface area (Å²) in [6, 6.07) is 12.0. The fourth-order valence-corrected chi connectivity index (χ4v) is 5.09. The van der Waals surface area contributed by atoms with Crippen LogP contribution in [0.15, 0.2) is 24.3 Å². The Morgan fingerprint density at radius 3 is 1.94 bits per heavy atom. The Labute approximate surface area is 98.1 Å². The van der Waals surface area contributed by atoms with Crippen LogP contribution in [0.2, 0.25) is 0 Å². The van der Waals surface area contributed by atoms with Gasteiger partial charge in [0.25, 0.3) is 0 Å². The molecule has 4 fully saturated rings. The Hall–Kier alpha value is -0.780. The average molecular weight is 211 g/mol. The van der Waals surface area contributed by atoms with Crippen LogP contribution in [0.4, 0.5) is 0 Å². The lowest BCUT2D eigenvalue weighted by Gasteiger charge is -2.54. The molecule has 0 N–H and O–H groups in total. The van der Waals surface area contributed by atoms with Gasteiger partial charge >= 0.3 is 0 Å². The van der Waals surface area contributed by atoms with Gasteiger partial charge in [-0.15, -0.1) is 0 Å². The lowest BCUT2D eigenvalue weighted by atomic mass is 9.51. The predicted octanol–water partition coefficient (Wildman–Crippen LogP) is 4.03. The Balaban J connectivity index is 1.70. The zero-order valence-electron chi connectivity index (χ0n) is 9.73. The maximum absolute atomic E-state index is 3.16. The molecule has 0 unspecified atom stereocenters. The van der Waals surface area contributed by atoms with Crippen molar-refractivity contribution in [2.75, 3.05) is 0 Å². The van der Waals surface area contributed by atoms with Crippen LogP contribution >= 0.6 is 0 Å². The van der Waals surface area contributed by atoms with Gasteiger partial charge in [0.05, 0.1) is 0 Å². The molecule has 1 aromatic carbocycles. The Kier molecular flexibility index (Phi) is 1.94. The van der Waals surface area contributed by atoms with Crippen molar-refractivity contribution in [3.8, 4) is 0 Å². The minimum Gasteiger partial charge on any atom is -0.0581 e. The first-order valence-corrected chi connectivity index (χ1v) is 6.86. The molecule has 0 aromatic heterocycles. The lowest BCUT2D eigenvalue weighted by Crippen LogP contribution is -2.43. The summed E-state index contributed by atoms with van der Waals surface area (Å²) in [6.45, 7) is 0. The highest BCUT2D eigenvalue weighted by molar-refractivity contribution is 5.23. The van der Waals surface area contributed by atoms with Crippen LogP contribution in [0.3, 0.4) is 0 Å². The zero-order valence-corrected chi connectivity index (χ0v) is 9.73. The van der Waals surface area contributed by atoms with Gasteiger partial charge in [-0.2, -0.15) is 0 Å². The van der Waals surface area contributed by atoms with Crippen LogP contribution in [0.5, 0.6) is 0 Å². The molecule has 0 heteroatoms. The molecule has 0 aliphatic heterocycles. The SMILES string of the molecule is [c]1ccc(C2C3CC4CC(C3)CC2C4)cc1. The van der Waals surface area contributed by atoms with Crippen molar-refractivity contribution in [2.45, 2.75) is 38.0 Å². The summed E-state index contributed by atoms with van der Waals surface area (Å²) in [7, 11) is 0. The molecule has 0 atom stereocenters. The van der Waals surface area contributed by atoms with E-state index in [0.717, 1.165) is 29.6 Å². The Morgan fingerprint density at radius 2 is 1.38 bits per heavy atom. The van der Waals surface area contributed by atoms with Gasteiger partial charge in [0.15, 0.2) is 0 Å². The van der Waals surface area contributed by atoms with Crippen LogP contribution < -0.4 is 0 Å². The maximum atomic E-state index is 3.16. The van der Waals surface area contributed by atoms with Crippen molar-refractivity contribution < 1.29 is 0 Å². The largest absolute Gasteiger partial charge is 0.0581 e. The molecule has 1 radical (unpaired) electrons. The molecule has 4 aliphatic rings. The van der Waals surface area contributed by atoms with Crippen molar-refractivity contribution in [1.82, 2.24) is 0 Å². The van der Waals surface area contributed by atoms with Crippen LogP contribution in [0.25, 0.3) is 0 Å². The average Bonchev–Trinajstić information content (AvgIpc) is 2.29. The third-order valence-electron chi connectivity index (χ3n) is 5.36. The summed E-state index contributed by atoms with van der Waals surface area (Å²) in [5.41, 5.74) is 1.60. The fraction of sp³-hybridized carbons (Fsp3) is 0.625. The first-order valence-electron chi connectivity index (χ1n) is 6.86. The van der Waals surface area contributed by atoms with Crippen molar-refractivity contribution >= 4 is 0 Å². The molecule has 0 amide bonds. The second-order valence-corrected chi connectivity index (χ2v) is 6.29. The topological polar surface area (TPSA) is 0 Å². The summed E-state index contributed by atoms with van der Waals surface area (Å²) in [6.07, 6.45) is 7.65. The second kappa shape index (κ2) is 3.35. The van der Waals surface area contributed by atoms with Crippen LogP contribution in [-0.4, -0.2) is 0 Å². The van der Waals surface area contributed by atoms with E-state index in [1.54, 1.807) is 12.0 Å². The molecule has 16 heavy (non-hydrogen) atoms. The first-order chi connectivity index (χ1) is 7.90. The van der Waals surface area contributed by atoms with Crippen LogP contribution in [-0.2, 0) is 0 Å². The molecule has 0 nitrogen and oxygen atoms in total. The Morgan fingerprint density at radius 1 is 0.812 bits per heavy atom. The van der Waals surface area contributed by atoms with Crippen LogP contribution in [0.1, 0.15) is 43.6 Å². The fourth-order valence-electron chi connectivity index (χ4n) is 5.09. The summed E-state index contributed by atoms with van der Waals surface area (Å²) in [5.74, 6) is 5.10. The molecule has 0 heterocycles. The highest BCUT2D eigenvalue weighted by Gasteiger charge is 2.48. The first kappa shape index (κ1) is 9.27. The van der Waals surface area contributed by atoms with Gasteiger partial charge < -0.3 is 0 Å². The van der Waals surface area contributed by atoms with Gasteiger partial charge in [0, 0.05) is 0 Å². The monoisotopic (exact) mass is 211 g/mol. The van der Waals surface area contributed by atoms with Gasteiger partial charge in [-0.25, -0.2) is 0 Å². The molecular weight excluding hydrogens is 192 g/mol. The molecule has 4 aliphatic carbocycles. The lowest BCUT2D eigenvalue weighted by molar-refractivity contribution is -0.00277. The third kappa shape index (κ3) is 1.28. The summed E-state index contributed by atoms with van der Waals surface area (Å²) in [4.78, 5) is 0. The summed E-state index contributed by atoms with van der Waals surface area (Å²) >= 11 is 0. The van der Waals surface area contributed by atoms with E-state index in [-0.39, 0.29) is 0 Å². The van der Waals surface area contributed by atoms with Crippen LogP contribution in [0, 0.1) is 29.7 Å². The zero-order chi connectivity index (χ0) is 10.5. The van der Waals surface area contributed by atoms with E-state index < -0.39 is 0 Å². The molecule has 4 saturated carbocycles. The smallest absolute Gasteiger partial charge is 0.0105 e. The second-order valence-electron chi connectivity index (χ2n) is 6.29. The van der Waals surface area contributed by atoms with Crippen molar-refractivity contribution in [2.24, 2.45) is 23.7 Å². The summed E-state index contributed by atoms with van der Waals surface area (Å²) < 4.78 is 0. The van der Waals surface area contributed by atoms with Crippen molar-refractivity contribution in [3.63, 3.8) is 0 Å². The maximum Gasteiger partial charge on any atom is -0.0105 e. The Bertz CT molecular complexity index is 350. The molecular formula is C16H19. The molecule has 5 rings (SSSR count). The highest BCUT2D eigenvalue weighted by Crippen LogP contribution is 2.59. The molecule has 83 valence electrons. The van der Waals surface area contributed by atoms with E-state index in [2.05, 4.69) is 30.3 Å². The van der Waals surface area contributed by atoms with E-state index in [9.17, 15) is 0 Å². The van der Waals surface area contributed by atoms with Crippen molar-refractivity contribution in [1.29, 1.82) is 0 Å². The number of benzene rings is 1. The standard InChI is InChI=1S/C16H19/c1-2-4-13(5-3-1)16-14-7-11-6-12(9-14)10-15(16)8-11/h2-5,11-12,14-16H,6-10H2. The molecule has 1 aromatic rings. The normalized spacial score (nSPS) is 44.9. The quantitative estimate of drug-likeness (QED) is 0.658. The van der Waals surface area contributed by atoms with E-state index in [4.69, 9.17) is 0 Å². The number of hydrogen-bond acceptors (Lipinski definition) is 0. The minimum atomic E-state index is 0.891. The summed E-state index contributed by atoms with van der Waals surface area (Å²) in [5, 5.41) is 0. The van der Waals surface area contributed by atoms with Gasteiger partial charge in [-0.3, -0.25) is 0 Å². The number of hydrogen-bond donors (Lipinski definition) is 0. The van der Waals surface area contributed by atoms with E-state index >= 15 is 0 Å². The molecule has 0 spiro atoms. The highest BCUT2D eigenvalue weighted by atomic mass is 14.5. The number of rotatable bonds is 1. The van der Waals surface area contributed by atoms with Gasteiger partial charge in [-0.1, -0.05) is 24.3 Å².